The van der Waals surface area contributed by atoms with Gasteiger partial charge < -0.3 is 5.11 Å². The van der Waals surface area contributed by atoms with Crippen LogP contribution >= 0.6 is 0 Å². The van der Waals surface area contributed by atoms with Crippen molar-refractivity contribution in [3.8, 4) is 0 Å². The van der Waals surface area contributed by atoms with Gasteiger partial charge in [0.25, 0.3) is 0 Å². The summed E-state index contributed by atoms with van der Waals surface area (Å²) in [5.41, 5.74) is 1.28. The standard InChI is InChI=1S/C11H14N2O4S/c1-12-18(16,17)13-7-9(11(14)15)6-8-4-2-3-5-10(8)13/h2-5,9,12H,6-7H2,1H3,(H,14,15). The van der Waals surface area contributed by atoms with E-state index in [0.29, 0.717) is 12.1 Å². The molecule has 0 radical (unpaired) electrons. The molecule has 0 bridgehead atoms. The Balaban J connectivity index is 2.50. The molecule has 1 aromatic rings. The van der Waals surface area contributed by atoms with E-state index in [9.17, 15) is 13.2 Å². The van der Waals surface area contributed by atoms with Crippen molar-refractivity contribution >= 4 is 21.9 Å². The maximum atomic E-state index is 11.9. The Hall–Kier alpha value is -1.60. The molecule has 0 amide bonds. The summed E-state index contributed by atoms with van der Waals surface area (Å²) in [6, 6.07) is 6.94. The first-order valence-corrected chi connectivity index (χ1v) is 6.91. The summed E-state index contributed by atoms with van der Waals surface area (Å²) >= 11 is 0. The van der Waals surface area contributed by atoms with Crippen LogP contribution in [0.5, 0.6) is 0 Å². The lowest BCUT2D eigenvalue weighted by Crippen LogP contribution is -2.46. The van der Waals surface area contributed by atoms with Crippen molar-refractivity contribution in [1.29, 1.82) is 0 Å². The van der Waals surface area contributed by atoms with Gasteiger partial charge in [-0.3, -0.25) is 9.10 Å². The van der Waals surface area contributed by atoms with Crippen LogP contribution in [-0.4, -0.2) is 33.1 Å². The van der Waals surface area contributed by atoms with E-state index in [1.165, 1.54) is 7.05 Å². The number of rotatable bonds is 3. The van der Waals surface area contributed by atoms with E-state index in [-0.39, 0.29) is 6.54 Å². The molecule has 1 aliphatic heterocycles. The highest BCUT2D eigenvalue weighted by Gasteiger charge is 2.34. The lowest BCUT2D eigenvalue weighted by molar-refractivity contribution is -0.141. The molecule has 98 valence electrons. The highest BCUT2D eigenvalue weighted by atomic mass is 32.2. The fraction of sp³-hybridized carbons (Fsp3) is 0.364. The van der Waals surface area contributed by atoms with E-state index >= 15 is 0 Å². The number of para-hydroxylation sites is 1. The summed E-state index contributed by atoms with van der Waals surface area (Å²) in [7, 11) is -2.37. The van der Waals surface area contributed by atoms with Gasteiger partial charge in [0.1, 0.15) is 0 Å². The van der Waals surface area contributed by atoms with Crippen LogP contribution in [0.2, 0.25) is 0 Å². The number of benzene rings is 1. The Kier molecular flexibility index (Phi) is 3.27. The zero-order valence-corrected chi connectivity index (χ0v) is 10.6. The van der Waals surface area contributed by atoms with Gasteiger partial charge >= 0.3 is 16.2 Å². The number of carboxylic acid groups (broad SMARTS) is 1. The van der Waals surface area contributed by atoms with Gasteiger partial charge in [0.2, 0.25) is 0 Å². The van der Waals surface area contributed by atoms with Crippen LogP contribution < -0.4 is 9.03 Å². The van der Waals surface area contributed by atoms with Crippen molar-refractivity contribution in [2.45, 2.75) is 6.42 Å². The first-order valence-electron chi connectivity index (χ1n) is 5.47. The van der Waals surface area contributed by atoms with Crippen molar-refractivity contribution in [2.24, 2.45) is 5.92 Å². The lowest BCUT2D eigenvalue weighted by Gasteiger charge is -2.33. The molecule has 0 spiro atoms. The molecule has 6 nitrogen and oxygen atoms in total. The lowest BCUT2D eigenvalue weighted by atomic mass is 9.94. The molecule has 0 aliphatic carbocycles. The summed E-state index contributed by atoms with van der Waals surface area (Å²) < 4.78 is 27.1. The molecular weight excluding hydrogens is 256 g/mol. The summed E-state index contributed by atoms with van der Waals surface area (Å²) in [6.07, 6.45) is 0.348. The largest absolute Gasteiger partial charge is 0.481 e. The maximum Gasteiger partial charge on any atom is 0.308 e. The Labute approximate surface area is 105 Å². The SMILES string of the molecule is CNS(=O)(=O)N1CC(C(=O)O)Cc2ccccc21. The number of carboxylic acids is 1. The number of carbonyl (C=O) groups is 1. The summed E-state index contributed by atoms with van der Waals surface area (Å²) in [5.74, 6) is -1.70. The highest BCUT2D eigenvalue weighted by Crippen LogP contribution is 2.31. The molecule has 0 fully saturated rings. The summed E-state index contributed by atoms with van der Waals surface area (Å²) in [6.45, 7) is -0.0461. The molecule has 2 rings (SSSR count). The topological polar surface area (TPSA) is 86.7 Å². The average Bonchev–Trinajstić information content (AvgIpc) is 2.37. The zero-order chi connectivity index (χ0) is 13.3. The van der Waals surface area contributed by atoms with Crippen LogP contribution in [0, 0.1) is 5.92 Å². The van der Waals surface area contributed by atoms with Crippen LogP contribution in [0.25, 0.3) is 0 Å². The zero-order valence-electron chi connectivity index (χ0n) is 9.83. The second-order valence-corrected chi connectivity index (χ2v) is 5.91. The van der Waals surface area contributed by atoms with Crippen LogP contribution in [-0.2, 0) is 21.4 Å². The predicted octanol–water partition coefficient (Wildman–Crippen LogP) is 0.214. The minimum atomic E-state index is -3.68. The number of hydrogen-bond acceptors (Lipinski definition) is 3. The average molecular weight is 270 g/mol. The molecule has 1 unspecified atom stereocenters. The minimum Gasteiger partial charge on any atom is -0.481 e. The van der Waals surface area contributed by atoms with Crippen LogP contribution in [0.1, 0.15) is 5.56 Å². The van der Waals surface area contributed by atoms with Gasteiger partial charge in [-0.2, -0.15) is 8.42 Å². The smallest absolute Gasteiger partial charge is 0.308 e. The van der Waals surface area contributed by atoms with Crippen molar-refractivity contribution in [3.05, 3.63) is 29.8 Å². The van der Waals surface area contributed by atoms with E-state index < -0.39 is 22.1 Å². The first kappa shape index (κ1) is 12.8. The van der Waals surface area contributed by atoms with E-state index in [1.807, 2.05) is 0 Å². The fourth-order valence-corrected chi connectivity index (χ4v) is 3.09. The third-order valence-electron chi connectivity index (χ3n) is 3.01. The molecule has 0 aromatic heterocycles. The summed E-state index contributed by atoms with van der Waals surface area (Å²) in [4.78, 5) is 11.1. The Morgan fingerprint density at radius 1 is 1.44 bits per heavy atom. The monoisotopic (exact) mass is 270 g/mol. The van der Waals surface area contributed by atoms with E-state index in [2.05, 4.69) is 4.72 Å². The number of nitrogens with one attached hydrogen (secondary N) is 1. The summed E-state index contributed by atoms with van der Waals surface area (Å²) in [5, 5.41) is 9.08. The van der Waals surface area contributed by atoms with Gasteiger partial charge in [0.15, 0.2) is 0 Å². The number of nitrogens with zero attached hydrogens (tertiary/aromatic N) is 1. The molecule has 0 saturated carbocycles. The first-order chi connectivity index (χ1) is 8.45. The molecule has 1 atom stereocenters. The van der Waals surface area contributed by atoms with Crippen molar-refractivity contribution < 1.29 is 18.3 Å². The molecule has 1 aromatic carbocycles. The Morgan fingerprint density at radius 3 is 2.72 bits per heavy atom. The van der Waals surface area contributed by atoms with Gasteiger partial charge in [-0.1, -0.05) is 18.2 Å². The molecule has 1 heterocycles. The highest BCUT2D eigenvalue weighted by molar-refractivity contribution is 7.90. The second kappa shape index (κ2) is 4.58. The Bertz CT molecular complexity index is 570. The molecular formula is C11H14N2O4S. The number of aliphatic carboxylic acids is 1. The van der Waals surface area contributed by atoms with E-state index in [4.69, 9.17) is 5.11 Å². The molecule has 2 N–H and O–H groups in total. The van der Waals surface area contributed by atoms with Gasteiger partial charge in [-0.15, -0.1) is 0 Å². The van der Waals surface area contributed by atoms with Crippen molar-refractivity contribution in [3.63, 3.8) is 0 Å². The fourth-order valence-electron chi connectivity index (χ4n) is 2.06. The third-order valence-corrected chi connectivity index (χ3v) is 4.45. The van der Waals surface area contributed by atoms with Crippen molar-refractivity contribution in [2.75, 3.05) is 17.9 Å². The van der Waals surface area contributed by atoms with E-state index in [0.717, 1.165) is 9.87 Å². The quantitative estimate of drug-likeness (QED) is 0.822. The molecule has 1 aliphatic rings. The predicted molar refractivity (Wildman–Crippen MR) is 66.6 cm³/mol. The van der Waals surface area contributed by atoms with Gasteiger partial charge in [0, 0.05) is 13.6 Å². The van der Waals surface area contributed by atoms with Crippen LogP contribution in [0.4, 0.5) is 5.69 Å². The number of anilines is 1. The van der Waals surface area contributed by atoms with Crippen molar-refractivity contribution in [1.82, 2.24) is 4.72 Å². The normalized spacial score (nSPS) is 19.4. The second-order valence-electron chi connectivity index (χ2n) is 4.11. The maximum absolute atomic E-state index is 11.9. The van der Waals surface area contributed by atoms with Crippen LogP contribution in [0.3, 0.4) is 0 Å². The minimum absolute atomic E-state index is 0.0461. The molecule has 7 heteroatoms. The number of fused-ring (bicyclic) bond motifs is 1. The van der Waals surface area contributed by atoms with Gasteiger partial charge in [-0.25, -0.2) is 4.72 Å². The van der Waals surface area contributed by atoms with Gasteiger partial charge in [-0.05, 0) is 18.1 Å². The number of hydrogen-bond donors (Lipinski definition) is 2. The Morgan fingerprint density at radius 2 is 2.11 bits per heavy atom. The van der Waals surface area contributed by atoms with Crippen LogP contribution in [0.15, 0.2) is 24.3 Å². The third kappa shape index (κ3) is 2.19. The van der Waals surface area contributed by atoms with E-state index in [1.54, 1.807) is 24.3 Å². The molecule has 18 heavy (non-hydrogen) atoms. The van der Waals surface area contributed by atoms with Gasteiger partial charge in [0.05, 0.1) is 11.6 Å². The molecule has 0 saturated heterocycles.